The van der Waals surface area contributed by atoms with Gasteiger partial charge in [0.05, 0.1) is 25.4 Å². The van der Waals surface area contributed by atoms with E-state index < -0.39 is 12.1 Å². The SMILES string of the molecule is CCCCCCCCCCCCCCCCCCCCCCCC/C=C/C(O)C(CO)NC(=O)CCCCCCCCC/C=C\CCCCCCCCCCCCCOC(=O)CCCCCCCCCCCCCCC. The van der Waals surface area contributed by atoms with Crippen molar-refractivity contribution in [3.05, 3.63) is 24.3 Å². The van der Waals surface area contributed by atoms with E-state index in [1.54, 1.807) is 6.08 Å². The Hall–Kier alpha value is -1.66. The molecule has 3 N–H and O–H groups in total. The van der Waals surface area contributed by atoms with E-state index in [1.807, 2.05) is 6.08 Å². The van der Waals surface area contributed by atoms with Gasteiger partial charge in [-0.1, -0.05) is 340 Å². The molecule has 6 nitrogen and oxygen atoms in total. The molecule has 2 unspecified atom stereocenters. The molecule has 450 valence electrons. The molecule has 0 aromatic rings. The summed E-state index contributed by atoms with van der Waals surface area (Å²) in [4.78, 5) is 24.6. The third-order valence-corrected chi connectivity index (χ3v) is 16.2. The summed E-state index contributed by atoms with van der Waals surface area (Å²) in [5, 5.41) is 23.3. The van der Waals surface area contributed by atoms with Crippen molar-refractivity contribution in [3.8, 4) is 0 Å². The molecular formula is C70H135NO5. The summed E-state index contributed by atoms with van der Waals surface area (Å²) >= 11 is 0. The summed E-state index contributed by atoms with van der Waals surface area (Å²) in [5.41, 5.74) is 0. The lowest BCUT2D eigenvalue weighted by Gasteiger charge is -2.20. The van der Waals surface area contributed by atoms with E-state index in [0.717, 1.165) is 44.9 Å². The molecule has 2 atom stereocenters. The fourth-order valence-corrected chi connectivity index (χ4v) is 10.9. The van der Waals surface area contributed by atoms with Gasteiger partial charge in [0.1, 0.15) is 0 Å². The lowest BCUT2D eigenvalue weighted by Crippen LogP contribution is -2.45. The number of amides is 1. The van der Waals surface area contributed by atoms with Crippen LogP contribution in [0.4, 0.5) is 0 Å². The fourth-order valence-electron chi connectivity index (χ4n) is 10.9. The van der Waals surface area contributed by atoms with Crippen LogP contribution in [0.1, 0.15) is 386 Å². The van der Waals surface area contributed by atoms with E-state index in [-0.39, 0.29) is 18.5 Å². The highest BCUT2D eigenvalue weighted by Crippen LogP contribution is 2.18. The highest BCUT2D eigenvalue weighted by atomic mass is 16.5. The van der Waals surface area contributed by atoms with Crippen LogP contribution in [0.2, 0.25) is 0 Å². The van der Waals surface area contributed by atoms with Gasteiger partial charge in [0.15, 0.2) is 0 Å². The predicted octanol–water partition coefficient (Wildman–Crippen LogP) is 22.1. The van der Waals surface area contributed by atoms with Crippen LogP contribution < -0.4 is 5.32 Å². The number of aliphatic hydroxyl groups is 2. The standard InChI is InChI=1S/C70H135NO5/c1-3-5-7-9-11-13-15-17-18-19-20-21-22-23-26-29-32-35-39-42-46-50-54-58-62-68(73)67(66-72)71-69(74)63-59-55-51-47-43-40-36-33-30-27-24-25-28-31-34-37-41-45-49-53-57-61-65-76-70(75)64-60-56-52-48-44-38-16-14-12-10-8-6-4-2/h27,30,58,62,67-68,72-73H,3-26,28-29,31-57,59-61,63-66H2,1-2H3,(H,71,74)/b30-27-,62-58+. The van der Waals surface area contributed by atoms with Gasteiger partial charge in [0.25, 0.3) is 0 Å². The van der Waals surface area contributed by atoms with Gasteiger partial charge >= 0.3 is 5.97 Å². The van der Waals surface area contributed by atoms with Gasteiger partial charge in [-0.2, -0.15) is 0 Å². The summed E-state index contributed by atoms with van der Waals surface area (Å²) < 4.78 is 5.48. The molecule has 0 aromatic heterocycles. The largest absolute Gasteiger partial charge is 0.466 e. The molecule has 0 aliphatic carbocycles. The van der Waals surface area contributed by atoms with Crippen LogP contribution in [0.15, 0.2) is 24.3 Å². The molecule has 0 radical (unpaired) electrons. The molecule has 1 amide bonds. The number of unbranched alkanes of at least 4 members (excludes halogenated alkanes) is 52. The first-order valence-corrected chi connectivity index (χ1v) is 34.6. The van der Waals surface area contributed by atoms with Gasteiger partial charge in [0.2, 0.25) is 5.91 Å². The molecule has 0 saturated carbocycles. The number of allylic oxidation sites excluding steroid dienone is 3. The first-order chi connectivity index (χ1) is 37.5. The molecule has 0 aliphatic rings. The number of carbonyl (C=O) groups is 2. The second-order valence-corrected chi connectivity index (χ2v) is 23.9. The molecule has 0 fully saturated rings. The second-order valence-electron chi connectivity index (χ2n) is 23.9. The van der Waals surface area contributed by atoms with Crippen molar-refractivity contribution in [3.63, 3.8) is 0 Å². The normalized spacial score (nSPS) is 12.6. The number of rotatable bonds is 65. The molecule has 0 bridgehead atoms. The highest BCUT2D eigenvalue weighted by molar-refractivity contribution is 5.76. The van der Waals surface area contributed by atoms with Crippen molar-refractivity contribution < 1.29 is 24.5 Å². The molecule has 0 rings (SSSR count). The van der Waals surface area contributed by atoms with E-state index >= 15 is 0 Å². The summed E-state index contributed by atoms with van der Waals surface area (Å²) in [6.45, 7) is 4.94. The first kappa shape index (κ1) is 74.3. The molecule has 0 aliphatic heterocycles. The van der Waals surface area contributed by atoms with E-state index in [4.69, 9.17) is 4.74 Å². The van der Waals surface area contributed by atoms with E-state index in [1.165, 1.54) is 315 Å². The Morgan fingerprint density at radius 1 is 0.355 bits per heavy atom. The van der Waals surface area contributed by atoms with Crippen LogP contribution >= 0.6 is 0 Å². The molecule has 0 heterocycles. The highest BCUT2D eigenvalue weighted by Gasteiger charge is 2.18. The summed E-state index contributed by atoms with van der Waals surface area (Å²) in [6, 6.07) is -0.634. The predicted molar refractivity (Wildman–Crippen MR) is 333 cm³/mol. The van der Waals surface area contributed by atoms with Crippen molar-refractivity contribution in [1.82, 2.24) is 5.32 Å². The number of ether oxygens (including phenoxy) is 1. The van der Waals surface area contributed by atoms with Gasteiger partial charge in [-0.25, -0.2) is 0 Å². The zero-order valence-corrected chi connectivity index (χ0v) is 51.5. The van der Waals surface area contributed by atoms with Crippen molar-refractivity contribution in [2.45, 2.75) is 398 Å². The fraction of sp³-hybridized carbons (Fsp3) is 0.914. The number of aliphatic hydroxyl groups excluding tert-OH is 2. The molecular weight excluding hydrogens is 935 g/mol. The Morgan fingerprint density at radius 3 is 0.934 bits per heavy atom. The van der Waals surface area contributed by atoms with Gasteiger partial charge in [0, 0.05) is 12.8 Å². The maximum absolute atomic E-state index is 12.5. The smallest absolute Gasteiger partial charge is 0.305 e. The first-order valence-electron chi connectivity index (χ1n) is 34.6. The quantitative estimate of drug-likeness (QED) is 0.0320. The average molecular weight is 1070 g/mol. The Balaban J connectivity index is 3.44. The summed E-state index contributed by atoms with van der Waals surface area (Å²) in [5.74, 6) is -0.0590. The van der Waals surface area contributed by atoms with E-state index in [9.17, 15) is 19.8 Å². The molecule has 0 saturated heterocycles. The number of carbonyl (C=O) groups excluding carboxylic acids is 2. The van der Waals surface area contributed by atoms with Crippen LogP contribution in [0.25, 0.3) is 0 Å². The number of hydrogen-bond acceptors (Lipinski definition) is 5. The van der Waals surface area contributed by atoms with Gasteiger partial charge < -0.3 is 20.3 Å². The number of esters is 1. The van der Waals surface area contributed by atoms with Crippen LogP contribution in [0.3, 0.4) is 0 Å². The minimum Gasteiger partial charge on any atom is -0.466 e. The zero-order chi connectivity index (χ0) is 55.0. The van der Waals surface area contributed by atoms with Crippen molar-refractivity contribution in [2.24, 2.45) is 0 Å². The van der Waals surface area contributed by atoms with Crippen LogP contribution in [0, 0.1) is 0 Å². The van der Waals surface area contributed by atoms with E-state index in [0.29, 0.717) is 19.4 Å². The Labute approximate surface area is 475 Å². The Bertz CT molecular complexity index is 1190. The van der Waals surface area contributed by atoms with Crippen molar-refractivity contribution in [2.75, 3.05) is 13.2 Å². The lowest BCUT2D eigenvalue weighted by atomic mass is 10.0. The Morgan fingerprint density at radius 2 is 0.618 bits per heavy atom. The molecule has 0 aromatic carbocycles. The Kier molecular flexibility index (Phi) is 64.4. The maximum atomic E-state index is 12.5. The van der Waals surface area contributed by atoms with Gasteiger partial charge in [-0.3, -0.25) is 9.59 Å². The zero-order valence-electron chi connectivity index (χ0n) is 51.5. The molecule has 76 heavy (non-hydrogen) atoms. The maximum Gasteiger partial charge on any atom is 0.305 e. The molecule has 6 heteroatoms. The summed E-state index contributed by atoms with van der Waals surface area (Å²) in [7, 11) is 0. The summed E-state index contributed by atoms with van der Waals surface area (Å²) in [6.07, 6.45) is 82.4. The number of nitrogens with one attached hydrogen (secondary N) is 1. The van der Waals surface area contributed by atoms with Crippen molar-refractivity contribution in [1.29, 1.82) is 0 Å². The van der Waals surface area contributed by atoms with E-state index in [2.05, 4.69) is 31.3 Å². The minimum absolute atomic E-state index is 0.0117. The van der Waals surface area contributed by atoms with Gasteiger partial charge in [-0.05, 0) is 57.8 Å². The third kappa shape index (κ3) is 61.6. The minimum atomic E-state index is -0.850. The van der Waals surface area contributed by atoms with Crippen LogP contribution in [0.5, 0.6) is 0 Å². The van der Waals surface area contributed by atoms with Crippen molar-refractivity contribution >= 4 is 11.9 Å². The monoisotopic (exact) mass is 1070 g/mol. The lowest BCUT2D eigenvalue weighted by molar-refractivity contribution is -0.143. The average Bonchev–Trinajstić information content (AvgIpc) is 3.42. The molecule has 0 spiro atoms. The topological polar surface area (TPSA) is 95.9 Å². The third-order valence-electron chi connectivity index (χ3n) is 16.2. The van der Waals surface area contributed by atoms with Crippen LogP contribution in [-0.4, -0.2) is 47.4 Å². The number of hydrogen-bond donors (Lipinski definition) is 3. The second kappa shape index (κ2) is 65.9. The van der Waals surface area contributed by atoms with Crippen LogP contribution in [-0.2, 0) is 14.3 Å². The van der Waals surface area contributed by atoms with Gasteiger partial charge in [-0.15, -0.1) is 0 Å².